The Morgan fingerprint density at radius 1 is 0.393 bits per heavy atom. The molecular formula is C51H33N3OS. The summed E-state index contributed by atoms with van der Waals surface area (Å²) in [7, 11) is 0. The summed E-state index contributed by atoms with van der Waals surface area (Å²) in [6.07, 6.45) is 0. The maximum absolute atomic E-state index is 6.62. The van der Waals surface area contributed by atoms with E-state index in [1.54, 1.807) is 0 Å². The van der Waals surface area contributed by atoms with Crippen molar-refractivity contribution in [2.45, 2.75) is 0 Å². The van der Waals surface area contributed by atoms with Crippen molar-refractivity contribution in [3.63, 3.8) is 0 Å². The van der Waals surface area contributed by atoms with Crippen molar-refractivity contribution >= 4 is 98.3 Å². The molecule has 4 nitrogen and oxygen atoms in total. The first-order valence-electron chi connectivity index (χ1n) is 18.8. The number of hydrogen-bond acceptors (Lipinski definition) is 5. The molecule has 0 fully saturated rings. The fraction of sp³-hybridized carbons (Fsp3) is 0. The lowest BCUT2D eigenvalue weighted by atomic mass is 10.00. The molecule has 0 aliphatic carbocycles. The Balaban J connectivity index is 1.14. The van der Waals surface area contributed by atoms with Crippen LogP contribution in [0.1, 0.15) is 0 Å². The van der Waals surface area contributed by atoms with Crippen LogP contribution in [0.2, 0.25) is 0 Å². The van der Waals surface area contributed by atoms with Gasteiger partial charge in [-0.05, 0) is 113 Å². The number of hydrogen-bond donors (Lipinski definition) is 0. The van der Waals surface area contributed by atoms with E-state index in [1.807, 2.05) is 41.7 Å². The smallest absolute Gasteiger partial charge is 0.227 e. The number of aromatic nitrogens is 1. The maximum Gasteiger partial charge on any atom is 0.227 e. The normalized spacial score (nSPS) is 11.6. The standard InChI is InChI=1S/C51H33N3OS/c1-4-13-36(14-5-1)51-52-46-29-26-35-24-23-34-25-27-41(32-44(34)49(35)50(46)55-51)54(42-28-30-48-45(33-42)43-21-10-11-22-47(43)56-48)40-20-12-19-39(31-40)53(37-15-6-2-7-16-37)38-17-8-3-9-18-38/h1-33H. The van der Waals surface area contributed by atoms with Crippen molar-refractivity contribution < 1.29 is 4.42 Å². The Labute approximate surface area is 327 Å². The molecule has 0 saturated heterocycles. The van der Waals surface area contributed by atoms with Gasteiger partial charge in [-0.25, -0.2) is 4.98 Å². The predicted octanol–water partition coefficient (Wildman–Crippen LogP) is 15.1. The van der Waals surface area contributed by atoms with Gasteiger partial charge in [0.25, 0.3) is 0 Å². The van der Waals surface area contributed by atoms with Crippen molar-refractivity contribution in [2.24, 2.45) is 0 Å². The third-order valence-corrected chi connectivity index (χ3v) is 11.8. The maximum atomic E-state index is 6.62. The number of benzene rings is 9. The lowest BCUT2D eigenvalue weighted by Gasteiger charge is -2.29. The molecule has 56 heavy (non-hydrogen) atoms. The molecule has 0 radical (unpaired) electrons. The highest BCUT2D eigenvalue weighted by atomic mass is 32.1. The summed E-state index contributed by atoms with van der Waals surface area (Å²) in [4.78, 5) is 9.64. The van der Waals surface area contributed by atoms with E-state index in [-0.39, 0.29) is 0 Å². The molecule has 5 heteroatoms. The van der Waals surface area contributed by atoms with Gasteiger partial charge in [-0.2, -0.15) is 0 Å². The fourth-order valence-corrected chi connectivity index (χ4v) is 9.11. The van der Waals surface area contributed by atoms with Crippen molar-refractivity contribution in [1.29, 1.82) is 0 Å². The van der Waals surface area contributed by atoms with Gasteiger partial charge in [0.2, 0.25) is 5.89 Å². The Kier molecular flexibility index (Phi) is 7.64. The summed E-state index contributed by atoms with van der Waals surface area (Å²) in [6, 6.07) is 71.1. The number of thiophene rings is 1. The molecule has 0 saturated carbocycles. The molecule has 0 N–H and O–H groups in total. The first-order valence-corrected chi connectivity index (χ1v) is 19.6. The molecule has 0 aliphatic heterocycles. The highest BCUT2D eigenvalue weighted by molar-refractivity contribution is 7.25. The molecule has 0 aliphatic rings. The lowest BCUT2D eigenvalue weighted by molar-refractivity contribution is 0.623. The average molecular weight is 736 g/mol. The number of rotatable bonds is 7. The third kappa shape index (κ3) is 5.48. The highest BCUT2D eigenvalue weighted by Crippen LogP contribution is 2.45. The van der Waals surface area contributed by atoms with Crippen LogP contribution in [0.25, 0.3) is 64.3 Å². The van der Waals surface area contributed by atoms with Crippen molar-refractivity contribution in [3.05, 3.63) is 200 Å². The van der Waals surface area contributed by atoms with Gasteiger partial charge in [0.15, 0.2) is 5.58 Å². The van der Waals surface area contributed by atoms with Crippen LogP contribution in [0.4, 0.5) is 34.1 Å². The van der Waals surface area contributed by atoms with E-state index in [1.165, 1.54) is 20.2 Å². The summed E-state index contributed by atoms with van der Waals surface area (Å²) < 4.78 is 9.18. The Hall–Kier alpha value is -7.21. The average Bonchev–Trinajstić information content (AvgIpc) is 3.87. The largest absolute Gasteiger partial charge is 0.435 e. The van der Waals surface area contributed by atoms with Gasteiger partial charge >= 0.3 is 0 Å². The van der Waals surface area contributed by atoms with Crippen LogP contribution in [0.5, 0.6) is 0 Å². The SMILES string of the molecule is c1ccc(-c2nc3ccc4ccc5ccc(N(c6cccc(N(c7ccccc7)c7ccccc7)c6)c6ccc7sc8ccccc8c7c6)cc5c4c3o2)cc1. The van der Waals surface area contributed by atoms with Crippen LogP contribution >= 0.6 is 11.3 Å². The van der Waals surface area contributed by atoms with Crippen LogP contribution in [0.15, 0.2) is 205 Å². The van der Waals surface area contributed by atoms with E-state index in [2.05, 4.69) is 180 Å². The Bertz CT molecular complexity index is 3170. The monoisotopic (exact) mass is 735 g/mol. The van der Waals surface area contributed by atoms with Crippen LogP contribution < -0.4 is 9.80 Å². The molecule has 2 heterocycles. The minimum Gasteiger partial charge on any atom is -0.435 e. The number of para-hydroxylation sites is 2. The molecule has 0 amide bonds. The molecule has 0 atom stereocenters. The van der Waals surface area contributed by atoms with Gasteiger partial charge in [0, 0.05) is 65.2 Å². The first kappa shape index (κ1) is 32.2. The molecule has 264 valence electrons. The summed E-state index contributed by atoms with van der Waals surface area (Å²) in [5, 5.41) is 6.94. The van der Waals surface area contributed by atoms with Crippen LogP contribution in [-0.2, 0) is 0 Å². The highest BCUT2D eigenvalue weighted by Gasteiger charge is 2.20. The number of anilines is 6. The van der Waals surface area contributed by atoms with Gasteiger partial charge in [-0.15, -0.1) is 11.3 Å². The lowest BCUT2D eigenvalue weighted by Crippen LogP contribution is -2.13. The molecular weight excluding hydrogens is 703 g/mol. The Morgan fingerprint density at radius 3 is 1.68 bits per heavy atom. The summed E-state index contributed by atoms with van der Waals surface area (Å²) in [5.74, 6) is 0.623. The topological polar surface area (TPSA) is 32.5 Å². The second-order valence-corrected chi connectivity index (χ2v) is 15.1. The van der Waals surface area contributed by atoms with Crippen molar-refractivity contribution in [2.75, 3.05) is 9.80 Å². The van der Waals surface area contributed by atoms with Crippen LogP contribution in [-0.4, -0.2) is 4.98 Å². The number of nitrogens with zero attached hydrogens (tertiary/aromatic N) is 3. The number of fused-ring (bicyclic) bond motifs is 8. The van der Waals surface area contributed by atoms with Crippen LogP contribution in [0, 0.1) is 0 Å². The second-order valence-electron chi connectivity index (χ2n) is 14.0. The van der Waals surface area contributed by atoms with E-state index >= 15 is 0 Å². The van der Waals surface area contributed by atoms with E-state index < -0.39 is 0 Å². The minimum atomic E-state index is 0.623. The summed E-state index contributed by atoms with van der Waals surface area (Å²) in [5.41, 5.74) is 9.03. The third-order valence-electron chi connectivity index (χ3n) is 10.6. The van der Waals surface area contributed by atoms with E-state index in [9.17, 15) is 0 Å². The molecule has 2 aromatic heterocycles. The summed E-state index contributed by atoms with van der Waals surface area (Å²) >= 11 is 1.84. The molecule has 0 bridgehead atoms. The van der Waals surface area contributed by atoms with E-state index in [4.69, 9.17) is 9.40 Å². The van der Waals surface area contributed by atoms with E-state index in [0.717, 1.165) is 72.3 Å². The predicted molar refractivity (Wildman–Crippen MR) is 237 cm³/mol. The first-order chi connectivity index (χ1) is 27.7. The van der Waals surface area contributed by atoms with E-state index in [0.29, 0.717) is 5.89 Å². The van der Waals surface area contributed by atoms with Gasteiger partial charge in [-0.1, -0.05) is 103 Å². The Morgan fingerprint density at radius 2 is 0.929 bits per heavy atom. The number of oxazole rings is 1. The molecule has 11 aromatic rings. The van der Waals surface area contributed by atoms with Crippen molar-refractivity contribution in [1.82, 2.24) is 4.98 Å². The summed E-state index contributed by atoms with van der Waals surface area (Å²) in [6.45, 7) is 0. The molecule has 0 spiro atoms. The fourth-order valence-electron chi connectivity index (χ4n) is 8.03. The zero-order chi connectivity index (χ0) is 37.0. The quantitative estimate of drug-likeness (QED) is 0.153. The van der Waals surface area contributed by atoms with Gasteiger partial charge in [-0.3, -0.25) is 0 Å². The van der Waals surface area contributed by atoms with Crippen LogP contribution in [0.3, 0.4) is 0 Å². The molecule has 0 unspecified atom stereocenters. The van der Waals surface area contributed by atoms with Crippen molar-refractivity contribution in [3.8, 4) is 11.5 Å². The zero-order valence-corrected chi connectivity index (χ0v) is 31.0. The second kappa shape index (κ2) is 13.3. The van der Waals surface area contributed by atoms with Gasteiger partial charge in [0.1, 0.15) is 5.52 Å². The van der Waals surface area contributed by atoms with Gasteiger partial charge < -0.3 is 14.2 Å². The molecule has 9 aromatic carbocycles. The van der Waals surface area contributed by atoms with Gasteiger partial charge in [0.05, 0.1) is 0 Å². The minimum absolute atomic E-state index is 0.623. The molecule has 11 rings (SSSR count). The zero-order valence-electron chi connectivity index (χ0n) is 30.2.